The van der Waals surface area contributed by atoms with Crippen molar-refractivity contribution < 1.29 is 33.7 Å². The second-order valence-corrected chi connectivity index (χ2v) is 7.42. The van der Waals surface area contributed by atoms with Gasteiger partial charge in [0, 0.05) is 6.54 Å². The number of carboxylic acid groups (broad SMARTS) is 1. The fraction of sp³-hybridized carbons (Fsp3) is 0.375. The van der Waals surface area contributed by atoms with Crippen LogP contribution in [0, 0.1) is 0 Å². The van der Waals surface area contributed by atoms with Crippen LogP contribution in [-0.4, -0.2) is 55.3 Å². The second-order valence-electron chi connectivity index (χ2n) is 7.42. The van der Waals surface area contributed by atoms with Crippen molar-refractivity contribution >= 4 is 23.5 Å². The lowest BCUT2D eigenvalue weighted by atomic mass is 10.1. The van der Waals surface area contributed by atoms with Crippen LogP contribution in [0.2, 0.25) is 0 Å². The lowest BCUT2D eigenvalue weighted by Gasteiger charge is -2.32. The molecule has 0 saturated heterocycles. The van der Waals surface area contributed by atoms with Crippen LogP contribution in [0.15, 0.2) is 36.4 Å². The van der Waals surface area contributed by atoms with Gasteiger partial charge < -0.3 is 24.6 Å². The number of nitrogens with one attached hydrogen (secondary N) is 1. The number of fused-ring (bicyclic) bond motifs is 1. The normalized spacial score (nSPS) is 14.8. The molecule has 2 N–H and O–H groups in total. The molecule has 33 heavy (non-hydrogen) atoms. The highest BCUT2D eigenvalue weighted by Crippen LogP contribution is 2.35. The van der Waals surface area contributed by atoms with E-state index in [-0.39, 0.29) is 23.7 Å². The molecular weight excluding hydrogens is 428 g/mol. The molecule has 9 nitrogen and oxygen atoms in total. The van der Waals surface area contributed by atoms with E-state index < -0.39 is 18.0 Å². The van der Waals surface area contributed by atoms with Gasteiger partial charge in [0.15, 0.2) is 17.6 Å². The van der Waals surface area contributed by atoms with Gasteiger partial charge in [-0.1, -0.05) is 6.07 Å². The molecule has 2 aromatic rings. The lowest BCUT2D eigenvalue weighted by molar-refractivity contribution is -0.128. The third kappa shape index (κ3) is 5.74. The Hall–Kier alpha value is -3.75. The van der Waals surface area contributed by atoms with E-state index in [1.165, 1.54) is 23.1 Å². The molecule has 0 aromatic heterocycles. The van der Waals surface area contributed by atoms with Crippen LogP contribution in [0.5, 0.6) is 17.2 Å². The Morgan fingerprint density at radius 3 is 2.52 bits per heavy atom. The van der Waals surface area contributed by atoms with Crippen molar-refractivity contribution in [2.24, 2.45) is 0 Å². The molecule has 1 unspecified atom stereocenters. The van der Waals surface area contributed by atoms with Gasteiger partial charge in [-0.25, -0.2) is 4.79 Å². The molecule has 9 heteroatoms. The zero-order valence-electron chi connectivity index (χ0n) is 18.9. The zero-order valence-corrected chi connectivity index (χ0v) is 18.9. The minimum Gasteiger partial charge on any atom is -0.490 e. The Bertz CT molecular complexity index is 1040. The van der Waals surface area contributed by atoms with Crippen molar-refractivity contribution in [1.29, 1.82) is 0 Å². The molecule has 0 bridgehead atoms. The summed E-state index contributed by atoms with van der Waals surface area (Å²) in [5.74, 6) is -0.214. The number of hydrogen-bond donors (Lipinski definition) is 2. The molecule has 1 aliphatic heterocycles. The molecule has 1 aliphatic rings. The van der Waals surface area contributed by atoms with E-state index in [0.29, 0.717) is 43.4 Å². The third-order valence-corrected chi connectivity index (χ3v) is 5.06. The molecule has 2 aromatic carbocycles. The number of hydrogen-bond acceptors (Lipinski definition) is 6. The fourth-order valence-corrected chi connectivity index (χ4v) is 3.50. The summed E-state index contributed by atoms with van der Waals surface area (Å²) in [5.41, 5.74) is 1.24. The Morgan fingerprint density at radius 2 is 1.82 bits per heavy atom. The lowest BCUT2D eigenvalue weighted by Crippen LogP contribution is -2.49. The summed E-state index contributed by atoms with van der Waals surface area (Å²) in [6.45, 7) is 6.55. The SMILES string of the molecule is CCOc1ccc(CCNC(=O)CN2C(=O)C(C)Oc3ccc(C(=O)O)cc32)cc1OCC. The first-order chi connectivity index (χ1) is 15.8. The number of ether oxygens (including phenoxy) is 3. The molecule has 2 amide bonds. The van der Waals surface area contributed by atoms with Gasteiger partial charge in [-0.3, -0.25) is 14.5 Å². The van der Waals surface area contributed by atoms with Crippen molar-refractivity contribution in [1.82, 2.24) is 5.32 Å². The Labute approximate surface area is 192 Å². The molecule has 0 spiro atoms. The maximum absolute atomic E-state index is 12.6. The van der Waals surface area contributed by atoms with E-state index in [1.54, 1.807) is 6.92 Å². The smallest absolute Gasteiger partial charge is 0.335 e. The molecular formula is C24H28N2O7. The van der Waals surface area contributed by atoms with Crippen molar-refractivity contribution in [3.63, 3.8) is 0 Å². The first kappa shape index (κ1) is 23.9. The first-order valence-corrected chi connectivity index (χ1v) is 10.8. The summed E-state index contributed by atoms with van der Waals surface area (Å²) in [4.78, 5) is 37.8. The maximum Gasteiger partial charge on any atom is 0.335 e. The van der Waals surface area contributed by atoms with Crippen molar-refractivity contribution in [2.75, 3.05) is 31.2 Å². The Balaban J connectivity index is 1.64. The summed E-state index contributed by atoms with van der Waals surface area (Å²) < 4.78 is 16.7. The van der Waals surface area contributed by atoms with Crippen LogP contribution < -0.4 is 24.4 Å². The van der Waals surface area contributed by atoms with Gasteiger partial charge in [-0.2, -0.15) is 0 Å². The number of aromatic carboxylic acids is 1. The van der Waals surface area contributed by atoms with E-state index in [2.05, 4.69) is 5.32 Å². The summed E-state index contributed by atoms with van der Waals surface area (Å²) in [5, 5.41) is 12.1. The fourth-order valence-electron chi connectivity index (χ4n) is 3.50. The molecule has 176 valence electrons. The highest BCUT2D eigenvalue weighted by Gasteiger charge is 2.33. The Kier molecular flexibility index (Phi) is 7.76. The summed E-state index contributed by atoms with van der Waals surface area (Å²) in [7, 11) is 0. The average molecular weight is 456 g/mol. The zero-order chi connectivity index (χ0) is 24.0. The molecule has 0 aliphatic carbocycles. The van der Waals surface area contributed by atoms with Gasteiger partial charge >= 0.3 is 5.97 Å². The van der Waals surface area contributed by atoms with Gasteiger partial charge in [0.05, 0.1) is 24.5 Å². The predicted molar refractivity (Wildman–Crippen MR) is 121 cm³/mol. The van der Waals surface area contributed by atoms with E-state index in [9.17, 15) is 19.5 Å². The number of amides is 2. The summed E-state index contributed by atoms with van der Waals surface area (Å²) in [6.07, 6.45) is -0.215. The molecule has 0 saturated carbocycles. The summed E-state index contributed by atoms with van der Waals surface area (Å²) in [6, 6.07) is 9.87. The number of rotatable bonds is 10. The van der Waals surface area contributed by atoms with Crippen LogP contribution in [-0.2, 0) is 16.0 Å². The van der Waals surface area contributed by atoms with Gasteiger partial charge in [0.1, 0.15) is 12.3 Å². The van der Waals surface area contributed by atoms with Crippen molar-refractivity contribution in [2.45, 2.75) is 33.3 Å². The van der Waals surface area contributed by atoms with Crippen molar-refractivity contribution in [3.05, 3.63) is 47.5 Å². The van der Waals surface area contributed by atoms with Gasteiger partial charge in [-0.05, 0) is 63.1 Å². The minimum absolute atomic E-state index is 0.00529. The number of carbonyl (C=O) groups is 3. The molecule has 0 fully saturated rings. The number of benzene rings is 2. The minimum atomic E-state index is -1.13. The average Bonchev–Trinajstić information content (AvgIpc) is 2.78. The quantitative estimate of drug-likeness (QED) is 0.565. The van der Waals surface area contributed by atoms with Gasteiger partial charge in [0.2, 0.25) is 5.91 Å². The van der Waals surface area contributed by atoms with E-state index >= 15 is 0 Å². The second kappa shape index (κ2) is 10.7. The monoisotopic (exact) mass is 456 g/mol. The van der Waals surface area contributed by atoms with E-state index in [4.69, 9.17) is 14.2 Å². The summed E-state index contributed by atoms with van der Waals surface area (Å²) >= 11 is 0. The molecule has 0 radical (unpaired) electrons. The topological polar surface area (TPSA) is 114 Å². The Morgan fingerprint density at radius 1 is 1.09 bits per heavy atom. The van der Waals surface area contributed by atoms with E-state index in [0.717, 1.165) is 5.56 Å². The maximum atomic E-state index is 12.6. The first-order valence-electron chi connectivity index (χ1n) is 10.8. The van der Waals surface area contributed by atoms with Crippen LogP contribution in [0.1, 0.15) is 36.7 Å². The molecule has 3 rings (SSSR count). The highest BCUT2D eigenvalue weighted by molar-refractivity contribution is 6.04. The number of carbonyl (C=O) groups excluding carboxylic acids is 2. The van der Waals surface area contributed by atoms with E-state index in [1.807, 2.05) is 32.0 Å². The van der Waals surface area contributed by atoms with Gasteiger partial charge in [0.25, 0.3) is 5.91 Å². The number of carboxylic acids is 1. The number of anilines is 1. The van der Waals surface area contributed by atoms with Crippen LogP contribution in [0.25, 0.3) is 0 Å². The standard InChI is InChI=1S/C24H28N2O7/c1-4-31-20-8-6-16(12-21(20)32-5-2)10-11-25-22(27)14-26-18-13-17(24(29)30)7-9-19(18)33-15(3)23(26)28/h6-9,12-13,15H,4-5,10-11,14H2,1-3H3,(H,25,27)(H,29,30). The number of nitrogens with zero attached hydrogens (tertiary/aromatic N) is 1. The van der Waals surface area contributed by atoms with Crippen LogP contribution in [0.4, 0.5) is 5.69 Å². The molecule has 1 heterocycles. The predicted octanol–water partition coefficient (Wildman–Crippen LogP) is 2.66. The third-order valence-electron chi connectivity index (χ3n) is 5.06. The highest BCUT2D eigenvalue weighted by atomic mass is 16.5. The largest absolute Gasteiger partial charge is 0.490 e. The van der Waals surface area contributed by atoms with Crippen LogP contribution in [0.3, 0.4) is 0 Å². The molecule has 1 atom stereocenters. The van der Waals surface area contributed by atoms with Crippen LogP contribution >= 0.6 is 0 Å². The van der Waals surface area contributed by atoms with Crippen molar-refractivity contribution in [3.8, 4) is 17.2 Å². The van der Waals surface area contributed by atoms with Gasteiger partial charge in [-0.15, -0.1) is 0 Å².